The molecule has 0 aliphatic rings. The average molecular weight is 211 g/mol. The lowest BCUT2D eigenvalue weighted by molar-refractivity contribution is -0.125. The highest BCUT2D eigenvalue weighted by molar-refractivity contribution is 5.77. The van der Waals surface area contributed by atoms with Gasteiger partial charge in [0.1, 0.15) is 12.4 Å². The van der Waals surface area contributed by atoms with Crippen molar-refractivity contribution in [3.05, 3.63) is 35.6 Å². The van der Waals surface area contributed by atoms with Gasteiger partial charge in [0, 0.05) is 13.2 Å². The fraction of sp³-hybridized carbons (Fsp3) is 0.364. The van der Waals surface area contributed by atoms with Crippen LogP contribution in [-0.4, -0.2) is 19.1 Å². The highest BCUT2D eigenvalue weighted by Gasteiger charge is 2.00. The Balaban J connectivity index is 2.33. The van der Waals surface area contributed by atoms with Crippen LogP contribution in [0.25, 0.3) is 0 Å². The molecule has 3 nitrogen and oxygen atoms in total. The van der Waals surface area contributed by atoms with E-state index in [4.69, 9.17) is 4.74 Å². The molecule has 0 aromatic heterocycles. The summed E-state index contributed by atoms with van der Waals surface area (Å²) in [4.78, 5) is 11.1. The maximum atomic E-state index is 12.8. The molecule has 0 radical (unpaired) electrons. The number of carbonyl (C=O) groups excluding carboxylic acids is 1. The van der Waals surface area contributed by atoms with Crippen LogP contribution in [0.4, 0.5) is 4.39 Å². The van der Waals surface area contributed by atoms with E-state index in [0.717, 1.165) is 5.56 Å². The first-order valence-corrected chi connectivity index (χ1v) is 4.81. The lowest BCUT2D eigenvalue weighted by atomic mass is 10.2. The van der Waals surface area contributed by atoms with E-state index in [9.17, 15) is 9.18 Å². The SMILES string of the molecule is CCOCC(=O)NCc1cccc(F)c1. The van der Waals surface area contributed by atoms with Crippen LogP contribution in [-0.2, 0) is 16.1 Å². The molecule has 82 valence electrons. The van der Waals surface area contributed by atoms with Crippen LogP contribution in [0, 0.1) is 5.82 Å². The number of ether oxygens (including phenoxy) is 1. The highest BCUT2D eigenvalue weighted by Crippen LogP contribution is 2.02. The Hall–Kier alpha value is -1.42. The summed E-state index contributed by atoms with van der Waals surface area (Å²) in [6.07, 6.45) is 0. The van der Waals surface area contributed by atoms with Crippen LogP contribution in [0.1, 0.15) is 12.5 Å². The third-order valence-electron chi connectivity index (χ3n) is 1.82. The van der Waals surface area contributed by atoms with Crippen molar-refractivity contribution in [2.24, 2.45) is 0 Å². The van der Waals surface area contributed by atoms with Crippen molar-refractivity contribution in [1.82, 2.24) is 5.32 Å². The lowest BCUT2D eigenvalue weighted by Gasteiger charge is -2.05. The molecule has 0 aliphatic carbocycles. The number of amides is 1. The molecule has 4 heteroatoms. The van der Waals surface area contributed by atoms with Crippen molar-refractivity contribution in [1.29, 1.82) is 0 Å². The number of benzene rings is 1. The summed E-state index contributed by atoms with van der Waals surface area (Å²) in [5.74, 6) is -0.493. The van der Waals surface area contributed by atoms with E-state index in [1.165, 1.54) is 12.1 Å². The van der Waals surface area contributed by atoms with Crippen molar-refractivity contribution in [2.75, 3.05) is 13.2 Å². The molecule has 0 spiro atoms. The van der Waals surface area contributed by atoms with Gasteiger partial charge in [-0.15, -0.1) is 0 Å². The standard InChI is InChI=1S/C11H14FNO2/c1-2-15-8-11(14)13-7-9-4-3-5-10(12)6-9/h3-6H,2,7-8H2,1H3,(H,13,14). The number of carbonyl (C=O) groups is 1. The molecule has 0 saturated heterocycles. The Kier molecular flexibility index (Phi) is 4.77. The van der Waals surface area contributed by atoms with E-state index in [0.29, 0.717) is 13.2 Å². The summed E-state index contributed by atoms with van der Waals surface area (Å²) in [5.41, 5.74) is 0.736. The normalized spacial score (nSPS) is 10.0. The van der Waals surface area contributed by atoms with E-state index < -0.39 is 0 Å². The summed E-state index contributed by atoms with van der Waals surface area (Å²) in [6.45, 7) is 2.70. The van der Waals surface area contributed by atoms with Crippen molar-refractivity contribution < 1.29 is 13.9 Å². The Morgan fingerprint density at radius 2 is 2.33 bits per heavy atom. The van der Waals surface area contributed by atoms with Crippen molar-refractivity contribution in [3.63, 3.8) is 0 Å². The van der Waals surface area contributed by atoms with Crippen molar-refractivity contribution in [2.45, 2.75) is 13.5 Å². The maximum absolute atomic E-state index is 12.8. The fourth-order valence-corrected chi connectivity index (χ4v) is 1.09. The van der Waals surface area contributed by atoms with Crippen LogP contribution in [0.5, 0.6) is 0 Å². The Labute approximate surface area is 88.2 Å². The summed E-state index contributed by atoms with van der Waals surface area (Å²) < 4.78 is 17.7. The topological polar surface area (TPSA) is 38.3 Å². The predicted octanol–water partition coefficient (Wildman–Crippen LogP) is 1.48. The van der Waals surface area contributed by atoms with Gasteiger partial charge in [0.05, 0.1) is 0 Å². The minimum Gasteiger partial charge on any atom is -0.372 e. The first-order chi connectivity index (χ1) is 7.22. The first-order valence-electron chi connectivity index (χ1n) is 4.81. The third kappa shape index (κ3) is 4.56. The third-order valence-corrected chi connectivity index (χ3v) is 1.82. The summed E-state index contributed by atoms with van der Waals surface area (Å²) in [6, 6.07) is 6.12. The number of hydrogen-bond donors (Lipinski definition) is 1. The zero-order chi connectivity index (χ0) is 11.1. The Bertz CT molecular complexity index is 328. The summed E-state index contributed by atoms with van der Waals surface area (Å²) >= 11 is 0. The van der Waals surface area contributed by atoms with Crippen LogP contribution in [0.15, 0.2) is 24.3 Å². The molecule has 0 bridgehead atoms. The van der Waals surface area contributed by atoms with Gasteiger partial charge < -0.3 is 10.1 Å². The fourth-order valence-electron chi connectivity index (χ4n) is 1.09. The van der Waals surface area contributed by atoms with E-state index in [2.05, 4.69) is 5.32 Å². The predicted molar refractivity (Wildman–Crippen MR) is 54.7 cm³/mol. The summed E-state index contributed by atoms with van der Waals surface area (Å²) in [5, 5.41) is 2.63. The van der Waals surface area contributed by atoms with E-state index in [1.807, 2.05) is 6.92 Å². The molecule has 0 heterocycles. The number of hydrogen-bond acceptors (Lipinski definition) is 2. The first kappa shape index (κ1) is 11.7. The maximum Gasteiger partial charge on any atom is 0.246 e. The van der Waals surface area contributed by atoms with E-state index >= 15 is 0 Å². The second kappa shape index (κ2) is 6.14. The van der Waals surface area contributed by atoms with Gasteiger partial charge in [-0.2, -0.15) is 0 Å². The van der Waals surface area contributed by atoms with Crippen LogP contribution >= 0.6 is 0 Å². The lowest BCUT2D eigenvalue weighted by Crippen LogP contribution is -2.27. The van der Waals surface area contributed by atoms with Crippen LogP contribution in [0.2, 0.25) is 0 Å². The smallest absolute Gasteiger partial charge is 0.246 e. The molecule has 0 aliphatic heterocycles. The Morgan fingerprint density at radius 1 is 1.53 bits per heavy atom. The minimum atomic E-state index is -0.299. The van der Waals surface area contributed by atoms with Gasteiger partial charge in [-0.3, -0.25) is 4.79 Å². The molecule has 0 fully saturated rings. The summed E-state index contributed by atoms with van der Waals surface area (Å²) in [7, 11) is 0. The average Bonchev–Trinajstić information content (AvgIpc) is 2.23. The molecule has 1 rings (SSSR count). The minimum absolute atomic E-state index is 0.0474. The quantitative estimate of drug-likeness (QED) is 0.801. The number of rotatable bonds is 5. The second-order valence-corrected chi connectivity index (χ2v) is 3.04. The van der Waals surface area contributed by atoms with Gasteiger partial charge in [-0.05, 0) is 24.6 Å². The van der Waals surface area contributed by atoms with Gasteiger partial charge in [-0.1, -0.05) is 12.1 Å². The zero-order valence-electron chi connectivity index (χ0n) is 8.63. The number of nitrogens with one attached hydrogen (secondary N) is 1. The van der Waals surface area contributed by atoms with Crippen LogP contribution < -0.4 is 5.32 Å². The largest absolute Gasteiger partial charge is 0.372 e. The molecule has 0 atom stereocenters. The molecule has 1 aromatic rings. The molecule has 0 saturated carbocycles. The molecular formula is C11H14FNO2. The highest BCUT2D eigenvalue weighted by atomic mass is 19.1. The van der Waals surface area contributed by atoms with Gasteiger partial charge >= 0.3 is 0 Å². The number of halogens is 1. The van der Waals surface area contributed by atoms with Crippen molar-refractivity contribution in [3.8, 4) is 0 Å². The molecular weight excluding hydrogens is 197 g/mol. The Morgan fingerprint density at radius 3 is 3.00 bits per heavy atom. The molecule has 1 N–H and O–H groups in total. The van der Waals surface area contributed by atoms with Gasteiger partial charge in [0.15, 0.2) is 0 Å². The molecule has 0 unspecified atom stereocenters. The van der Waals surface area contributed by atoms with Gasteiger partial charge in [0.25, 0.3) is 0 Å². The monoisotopic (exact) mass is 211 g/mol. The van der Waals surface area contributed by atoms with Gasteiger partial charge in [0.2, 0.25) is 5.91 Å². The van der Waals surface area contributed by atoms with Crippen molar-refractivity contribution >= 4 is 5.91 Å². The molecule has 1 aromatic carbocycles. The van der Waals surface area contributed by atoms with Crippen LogP contribution in [0.3, 0.4) is 0 Å². The van der Waals surface area contributed by atoms with E-state index in [-0.39, 0.29) is 18.3 Å². The zero-order valence-corrected chi connectivity index (χ0v) is 8.63. The van der Waals surface area contributed by atoms with Gasteiger partial charge in [-0.25, -0.2) is 4.39 Å². The molecule has 15 heavy (non-hydrogen) atoms. The van der Waals surface area contributed by atoms with E-state index in [1.54, 1.807) is 12.1 Å². The molecule has 1 amide bonds. The second-order valence-electron chi connectivity index (χ2n) is 3.04.